The lowest BCUT2D eigenvalue weighted by atomic mass is 10.0. The molecule has 0 aliphatic carbocycles. The van der Waals surface area contributed by atoms with Crippen molar-refractivity contribution in [2.75, 3.05) is 12.3 Å². The molecule has 0 amide bonds. The summed E-state index contributed by atoms with van der Waals surface area (Å²) in [5.41, 5.74) is 8.34. The van der Waals surface area contributed by atoms with Crippen LogP contribution >= 0.6 is 11.6 Å². The van der Waals surface area contributed by atoms with Gasteiger partial charge in [0, 0.05) is 23.3 Å². The molecule has 1 atom stereocenters. The molecule has 1 fully saturated rings. The van der Waals surface area contributed by atoms with E-state index >= 15 is 0 Å². The average molecular weight is 434 g/mol. The number of nitrogen functional groups attached to an aromatic ring is 1. The predicted molar refractivity (Wildman–Crippen MR) is 109 cm³/mol. The molecule has 1 aliphatic rings. The lowest BCUT2D eigenvalue weighted by Crippen LogP contribution is -2.32. The van der Waals surface area contributed by atoms with Crippen LogP contribution in [0.4, 0.5) is 5.95 Å². The number of nitrogens with zero attached hydrogens (tertiary/aromatic N) is 4. The molecule has 1 aliphatic heterocycles. The molecule has 3 aromatic rings. The fraction of sp³-hybridized carbons (Fsp3) is 0.316. The van der Waals surface area contributed by atoms with Crippen molar-refractivity contribution in [3.63, 3.8) is 0 Å². The third kappa shape index (κ3) is 3.50. The van der Waals surface area contributed by atoms with Crippen molar-refractivity contribution >= 4 is 27.6 Å². The summed E-state index contributed by atoms with van der Waals surface area (Å²) in [6.45, 7) is 3.59. The molecule has 152 valence electrons. The Hall–Kier alpha value is -2.49. The zero-order valence-electron chi connectivity index (χ0n) is 16.0. The van der Waals surface area contributed by atoms with Gasteiger partial charge in [0.15, 0.2) is 5.76 Å². The Balaban J connectivity index is 1.82. The van der Waals surface area contributed by atoms with Crippen LogP contribution in [-0.2, 0) is 10.0 Å². The number of benzene rings is 1. The van der Waals surface area contributed by atoms with Crippen molar-refractivity contribution in [3.05, 3.63) is 52.6 Å². The van der Waals surface area contributed by atoms with E-state index in [0.717, 1.165) is 11.1 Å². The maximum absolute atomic E-state index is 13.4. The van der Waals surface area contributed by atoms with Crippen molar-refractivity contribution < 1.29 is 12.9 Å². The van der Waals surface area contributed by atoms with E-state index < -0.39 is 16.1 Å². The molecule has 2 N–H and O–H groups in total. The number of aryl methyl sites for hydroxylation is 2. The molecular weight excluding hydrogens is 414 g/mol. The Bertz CT molecular complexity index is 1140. The monoisotopic (exact) mass is 433 g/mol. The Labute approximate surface area is 173 Å². The number of aromatic nitrogens is 3. The highest BCUT2D eigenvalue weighted by Crippen LogP contribution is 2.40. The van der Waals surface area contributed by atoms with E-state index in [1.165, 1.54) is 4.31 Å². The van der Waals surface area contributed by atoms with Crippen LogP contribution in [-0.4, -0.2) is 34.4 Å². The first-order valence-electron chi connectivity index (χ1n) is 9.12. The van der Waals surface area contributed by atoms with Crippen molar-refractivity contribution in [1.29, 1.82) is 0 Å². The van der Waals surface area contributed by atoms with E-state index in [9.17, 15) is 8.42 Å². The van der Waals surface area contributed by atoms with E-state index in [2.05, 4.69) is 15.1 Å². The van der Waals surface area contributed by atoms with Gasteiger partial charge < -0.3 is 10.3 Å². The molecule has 2 aromatic heterocycles. The minimum Gasteiger partial charge on any atom is -0.368 e. The normalized spacial score (nSPS) is 17.7. The van der Waals surface area contributed by atoms with E-state index in [0.29, 0.717) is 35.8 Å². The zero-order valence-corrected chi connectivity index (χ0v) is 17.5. The van der Waals surface area contributed by atoms with Gasteiger partial charge in [-0.1, -0.05) is 28.9 Å². The fourth-order valence-corrected chi connectivity index (χ4v) is 5.86. The summed E-state index contributed by atoms with van der Waals surface area (Å²) in [5.74, 6) is 0.368. The van der Waals surface area contributed by atoms with Crippen molar-refractivity contribution in [1.82, 2.24) is 19.4 Å². The van der Waals surface area contributed by atoms with Gasteiger partial charge in [0.1, 0.15) is 10.6 Å². The maximum Gasteiger partial charge on any atom is 0.249 e. The standard InChI is InChI=1S/C19H20ClN5O3S/c1-11-18(12(2)28-24-11)29(26,27)25-9-3-4-16(25)17-15(10-22-19(21)23-17)13-5-7-14(20)8-6-13/h5-8,10,16H,3-4,9H2,1-2H3,(H2,21,22,23). The highest BCUT2D eigenvalue weighted by molar-refractivity contribution is 7.89. The van der Waals surface area contributed by atoms with Crippen LogP contribution in [0.5, 0.6) is 0 Å². The van der Waals surface area contributed by atoms with Gasteiger partial charge in [0.2, 0.25) is 16.0 Å². The van der Waals surface area contributed by atoms with Gasteiger partial charge in [-0.2, -0.15) is 4.31 Å². The maximum atomic E-state index is 13.4. The molecule has 0 spiro atoms. The van der Waals surface area contributed by atoms with Gasteiger partial charge in [-0.05, 0) is 44.4 Å². The SMILES string of the molecule is Cc1noc(C)c1S(=O)(=O)N1CCCC1c1nc(N)ncc1-c1ccc(Cl)cc1. The number of halogens is 1. The molecule has 0 bridgehead atoms. The van der Waals surface area contributed by atoms with Gasteiger partial charge in [-0.3, -0.25) is 0 Å². The lowest BCUT2D eigenvalue weighted by molar-refractivity contribution is 0.381. The third-order valence-corrected chi connectivity index (χ3v) is 7.45. The summed E-state index contributed by atoms with van der Waals surface area (Å²) in [5, 5.41) is 4.41. The highest BCUT2D eigenvalue weighted by Gasteiger charge is 2.41. The second-order valence-electron chi connectivity index (χ2n) is 6.96. The predicted octanol–water partition coefficient (Wildman–Crippen LogP) is 3.51. The van der Waals surface area contributed by atoms with Gasteiger partial charge in [0.05, 0.1) is 11.7 Å². The summed E-state index contributed by atoms with van der Waals surface area (Å²) < 4.78 is 33.4. The summed E-state index contributed by atoms with van der Waals surface area (Å²) in [6, 6.07) is 6.77. The largest absolute Gasteiger partial charge is 0.368 e. The van der Waals surface area contributed by atoms with Crippen LogP contribution < -0.4 is 5.73 Å². The Morgan fingerprint density at radius 1 is 1.24 bits per heavy atom. The van der Waals surface area contributed by atoms with Crippen molar-refractivity contribution in [2.45, 2.75) is 37.6 Å². The number of rotatable bonds is 4. The van der Waals surface area contributed by atoms with Gasteiger partial charge >= 0.3 is 0 Å². The van der Waals surface area contributed by atoms with E-state index in [1.807, 2.05) is 12.1 Å². The zero-order chi connectivity index (χ0) is 20.8. The topological polar surface area (TPSA) is 115 Å². The molecule has 10 heteroatoms. The van der Waals surface area contributed by atoms with Crippen molar-refractivity contribution in [2.24, 2.45) is 0 Å². The first kappa shape index (κ1) is 19.8. The number of hydrogen-bond acceptors (Lipinski definition) is 7. The summed E-state index contributed by atoms with van der Waals surface area (Å²) in [6.07, 6.45) is 2.96. The Kier molecular flexibility index (Phi) is 5.05. The number of hydrogen-bond donors (Lipinski definition) is 1. The molecule has 0 radical (unpaired) electrons. The minimum absolute atomic E-state index is 0.0966. The lowest BCUT2D eigenvalue weighted by Gasteiger charge is -2.25. The Morgan fingerprint density at radius 2 is 1.97 bits per heavy atom. The van der Waals surface area contributed by atoms with Crippen LogP contribution in [0.15, 0.2) is 39.9 Å². The number of anilines is 1. The molecule has 0 saturated carbocycles. The van der Waals surface area contributed by atoms with E-state index in [1.54, 1.807) is 32.2 Å². The van der Waals surface area contributed by atoms with E-state index in [4.69, 9.17) is 21.9 Å². The molecule has 8 nitrogen and oxygen atoms in total. The second kappa shape index (κ2) is 7.40. The van der Waals surface area contributed by atoms with Crippen LogP contribution in [0.25, 0.3) is 11.1 Å². The first-order valence-corrected chi connectivity index (χ1v) is 10.9. The molecular formula is C19H20ClN5O3S. The molecule has 1 saturated heterocycles. The molecule has 3 heterocycles. The van der Waals surface area contributed by atoms with E-state index in [-0.39, 0.29) is 16.6 Å². The third-order valence-electron chi connectivity index (χ3n) is 5.05. The molecule has 29 heavy (non-hydrogen) atoms. The minimum atomic E-state index is -3.82. The van der Waals surface area contributed by atoms with Crippen LogP contribution in [0.1, 0.15) is 36.0 Å². The van der Waals surface area contributed by atoms with Gasteiger partial charge in [-0.25, -0.2) is 18.4 Å². The summed E-state index contributed by atoms with van der Waals surface area (Å²) >= 11 is 6.01. The fourth-order valence-electron chi connectivity index (χ4n) is 3.78. The van der Waals surface area contributed by atoms with Crippen LogP contribution in [0.3, 0.4) is 0 Å². The molecule has 1 unspecified atom stereocenters. The molecule has 1 aromatic carbocycles. The van der Waals surface area contributed by atoms with Crippen LogP contribution in [0.2, 0.25) is 5.02 Å². The average Bonchev–Trinajstić information content (AvgIpc) is 3.30. The highest BCUT2D eigenvalue weighted by atomic mass is 35.5. The number of sulfonamides is 1. The molecule has 4 rings (SSSR count). The summed E-state index contributed by atoms with van der Waals surface area (Å²) in [7, 11) is -3.82. The van der Waals surface area contributed by atoms with Crippen LogP contribution in [0, 0.1) is 13.8 Å². The second-order valence-corrected chi connectivity index (χ2v) is 9.22. The van der Waals surface area contributed by atoms with Gasteiger partial charge in [-0.15, -0.1) is 0 Å². The van der Waals surface area contributed by atoms with Gasteiger partial charge in [0.25, 0.3) is 0 Å². The summed E-state index contributed by atoms with van der Waals surface area (Å²) in [4.78, 5) is 8.66. The Morgan fingerprint density at radius 3 is 2.62 bits per heavy atom. The number of nitrogens with two attached hydrogens (primary N) is 1. The first-order chi connectivity index (χ1) is 13.8. The smallest absolute Gasteiger partial charge is 0.249 e. The van der Waals surface area contributed by atoms with Crippen molar-refractivity contribution in [3.8, 4) is 11.1 Å². The quantitative estimate of drug-likeness (QED) is 0.669.